The maximum Gasteiger partial charge on any atom is 0.167 e. The van der Waals surface area contributed by atoms with Gasteiger partial charge in [-0.1, -0.05) is 36.4 Å². The van der Waals surface area contributed by atoms with E-state index in [4.69, 9.17) is 5.26 Å². The lowest BCUT2D eigenvalue weighted by molar-refractivity contribution is 1.29. The molecule has 1 N–H and O–H groups in total. The van der Waals surface area contributed by atoms with Gasteiger partial charge in [0, 0.05) is 5.56 Å². The standard InChI is InChI=1S/C14H9N3S/c15-9-11-13(12-7-4-8-18-12)17-14(16-11)10-5-2-1-3-6-10/h1-8H,(H,16,17). The van der Waals surface area contributed by atoms with Gasteiger partial charge in [-0.05, 0) is 11.4 Å². The van der Waals surface area contributed by atoms with E-state index < -0.39 is 0 Å². The molecular weight excluding hydrogens is 242 g/mol. The zero-order valence-electron chi connectivity index (χ0n) is 9.42. The van der Waals surface area contributed by atoms with Gasteiger partial charge in [-0.15, -0.1) is 11.3 Å². The molecule has 0 aliphatic heterocycles. The van der Waals surface area contributed by atoms with Gasteiger partial charge in [-0.25, -0.2) is 4.98 Å². The van der Waals surface area contributed by atoms with Crippen LogP contribution in [0.25, 0.3) is 22.0 Å². The van der Waals surface area contributed by atoms with Gasteiger partial charge in [-0.3, -0.25) is 0 Å². The largest absolute Gasteiger partial charge is 0.336 e. The molecule has 0 radical (unpaired) electrons. The van der Waals surface area contributed by atoms with Crippen LogP contribution < -0.4 is 0 Å². The lowest BCUT2D eigenvalue weighted by Crippen LogP contribution is -1.79. The van der Waals surface area contributed by atoms with Gasteiger partial charge in [0.1, 0.15) is 11.9 Å². The Labute approximate surface area is 108 Å². The first-order valence-electron chi connectivity index (χ1n) is 5.48. The molecule has 0 aliphatic rings. The van der Waals surface area contributed by atoms with Crippen LogP contribution in [0, 0.1) is 11.3 Å². The summed E-state index contributed by atoms with van der Waals surface area (Å²) in [6, 6.07) is 15.9. The molecule has 3 rings (SSSR count). The van der Waals surface area contributed by atoms with Crippen LogP contribution in [0.3, 0.4) is 0 Å². The summed E-state index contributed by atoms with van der Waals surface area (Å²) < 4.78 is 0. The normalized spacial score (nSPS) is 10.2. The third-order valence-electron chi connectivity index (χ3n) is 2.62. The minimum atomic E-state index is 0.441. The molecule has 0 atom stereocenters. The van der Waals surface area contributed by atoms with E-state index in [1.165, 1.54) is 0 Å². The summed E-state index contributed by atoms with van der Waals surface area (Å²) in [6.07, 6.45) is 0. The second-order valence-corrected chi connectivity index (χ2v) is 4.71. The van der Waals surface area contributed by atoms with Crippen molar-refractivity contribution < 1.29 is 0 Å². The highest BCUT2D eigenvalue weighted by Gasteiger charge is 2.13. The summed E-state index contributed by atoms with van der Waals surface area (Å²) in [5, 5.41) is 11.1. The Morgan fingerprint density at radius 2 is 1.94 bits per heavy atom. The monoisotopic (exact) mass is 251 g/mol. The van der Waals surface area contributed by atoms with Crippen LogP contribution in [0.2, 0.25) is 0 Å². The molecule has 18 heavy (non-hydrogen) atoms. The molecule has 1 aromatic carbocycles. The molecule has 4 heteroatoms. The van der Waals surface area contributed by atoms with Crippen molar-refractivity contribution in [2.24, 2.45) is 0 Å². The number of aromatic nitrogens is 2. The van der Waals surface area contributed by atoms with Crippen LogP contribution in [0.4, 0.5) is 0 Å². The van der Waals surface area contributed by atoms with Crippen LogP contribution in [-0.4, -0.2) is 9.97 Å². The van der Waals surface area contributed by atoms with E-state index in [0.29, 0.717) is 5.69 Å². The van der Waals surface area contributed by atoms with Gasteiger partial charge >= 0.3 is 0 Å². The van der Waals surface area contributed by atoms with E-state index in [2.05, 4.69) is 16.0 Å². The van der Waals surface area contributed by atoms with Crippen LogP contribution in [0.15, 0.2) is 47.8 Å². The highest BCUT2D eigenvalue weighted by Crippen LogP contribution is 2.28. The number of nitrogens with zero attached hydrogens (tertiary/aromatic N) is 2. The molecule has 2 aromatic heterocycles. The maximum absolute atomic E-state index is 9.15. The fraction of sp³-hybridized carbons (Fsp3) is 0. The van der Waals surface area contributed by atoms with Crippen LogP contribution in [0.5, 0.6) is 0 Å². The van der Waals surface area contributed by atoms with Crippen LogP contribution >= 0.6 is 11.3 Å². The van der Waals surface area contributed by atoms with Crippen molar-refractivity contribution in [3.63, 3.8) is 0 Å². The summed E-state index contributed by atoms with van der Waals surface area (Å²) in [4.78, 5) is 8.60. The molecule has 0 amide bonds. The maximum atomic E-state index is 9.15. The smallest absolute Gasteiger partial charge is 0.167 e. The van der Waals surface area contributed by atoms with E-state index in [-0.39, 0.29) is 0 Å². The number of thiophene rings is 1. The summed E-state index contributed by atoms with van der Waals surface area (Å²) in [5.41, 5.74) is 2.22. The number of rotatable bonds is 2. The van der Waals surface area contributed by atoms with Gasteiger partial charge < -0.3 is 4.98 Å². The van der Waals surface area contributed by atoms with E-state index in [0.717, 1.165) is 22.0 Å². The second-order valence-electron chi connectivity index (χ2n) is 3.76. The highest BCUT2D eigenvalue weighted by molar-refractivity contribution is 7.13. The number of nitrogens with one attached hydrogen (secondary N) is 1. The quantitative estimate of drug-likeness (QED) is 0.755. The number of hydrogen-bond donors (Lipinski definition) is 1. The SMILES string of the molecule is N#Cc1nc(-c2ccccc2)[nH]c1-c1cccs1. The first kappa shape index (κ1) is 10.8. The first-order valence-corrected chi connectivity index (χ1v) is 6.36. The summed E-state index contributed by atoms with van der Waals surface area (Å²) in [5.74, 6) is 0.732. The molecule has 0 spiro atoms. The number of imidazole rings is 1. The van der Waals surface area contributed by atoms with Crippen molar-refractivity contribution in [2.75, 3.05) is 0 Å². The molecule has 0 fully saturated rings. The van der Waals surface area contributed by atoms with Crippen LogP contribution in [-0.2, 0) is 0 Å². The zero-order chi connectivity index (χ0) is 12.4. The minimum Gasteiger partial charge on any atom is -0.336 e. The van der Waals surface area contributed by atoms with Crippen molar-refractivity contribution in [1.29, 1.82) is 5.26 Å². The Kier molecular flexibility index (Phi) is 2.67. The minimum absolute atomic E-state index is 0.441. The summed E-state index contributed by atoms with van der Waals surface area (Å²) in [6.45, 7) is 0. The summed E-state index contributed by atoms with van der Waals surface area (Å²) in [7, 11) is 0. The summed E-state index contributed by atoms with van der Waals surface area (Å²) >= 11 is 1.59. The average molecular weight is 251 g/mol. The fourth-order valence-corrected chi connectivity index (χ4v) is 2.51. The van der Waals surface area contributed by atoms with E-state index >= 15 is 0 Å². The Bertz CT molecular complexity index is 690. The Hall–Kier alpha value is -2.38. The fourth-order valence-electron chi connectivity index (χ4n) is 1.79. The third-order valence-corrected chi connectivity index (χ3v) is 3.51. The topological polar surface area (TPSA) is 52.5 Å². The van der Waals surface area contributed by atoms with Gasteiger partial charge in [0.2, 0.25) is 0 Å². The molecule has 2 heterocycles. The first-order chi connectivity index (χ1) is 8.88. The van der Waals surface area contributed by atoms with Gasteiger partial charge in [0.25, 0.3) is 0 Å². The molecule has 0 saturated heterocycles. The van der Waals surface area contributed by atoms with E-state index in [9.17, 15) is 0 Å². The van der Waals surface area contributed by atoms with Crippen molar-refractivity contribution in [1.82, 2.24) is 9.97 Å². The zero-order valence-corrected chi connectivity index (χ0v) is 10.2. The Morgan fingerprint density at radius 1 is 1.11 bits per heavy atom. The lowest BCUT2D eigenvalue weighted by atomic mass is 10.2. The molecular formula is C14H9N3S. The number of aromatic amines is 1. The number of benzene rings is 1. The Balaban J connectivity index is 2.13. The lowest BCUT2D eigenvalue weighted by Gasteiger charge is -1.94. The number of H-pyrrole nitrogens is 1. The number of hydrogen-bond acceptors (Lipinski definition) is 3. The molecule has 86 valence electrons. The molecule has 3 aromatic rings. The van der Waals surface area contributed by atoms with Crippen molar-refractivity contribution in [2.45, 2.75) is 0 Å². The van der Waals surface area contributed by atoms with Crippen LogP contribution in [0.1, 0.15) is 5.69 Å². The van der Waals surface area contributed by atoms with Gasteiger partial charge in [0.05, 0.1) is 10.6 Å². The van der Waals surface area contributed by atoms with Crippen molar-refractivity contribution in [3.05, 3.63) is 53.5 Å². The van der Waals surface area contributed by atoms with E-state index in [1.807, 2.05) is 47.8 Å². The van der Waals surface area contributed by atoms with E-state index in [1.54, 1.807) is 11.3 Å². The molecule has 0 aliphatic carbocycles. The average Bonchev–Trinajstić information content (AvgIpc) is 3.08. The predicted octanol–water partition coefficient (Wildman–Crippen LogP) is 3.68. The predicted molar refractivity (Wildman–Crippen MR) is 72.1 cm³/mol. The van der Waals surface area contributed by atoms with Gasteiger partial charge in [0.15, 0.2) is 5.69 Å². The third kappa shape index (κ3) is 1.81. The number of nitriles is 1. The van der Waals surface area contributed by atoms with Crippen molar-refractivity contribution >= 4 is 11.3 Å². The highest BCUT2D eigenvalue weighted by atomic mass is 32.1. The molecule has 3 nitrogen and oxygen atoms in total. The Morgan fingerprint density at radius 3 is 2.61 bits per heavy atom. The molecule has 0 bridgehead atoms. The van der Waals surface area contributed by atoms with Crippen molar-refractivity contribution in [3.8, 4) is 28.0 Å². The second kappa shape index (κ2) is 4.47. The molecule has 0 saturated carbocycles. The van der Waals surface area contributed by atoms with Gasteiger partial charge in [-0.2, -0.15) is 5.26 Å². The molecule has 0 unspecified atom stereocenters.